The minimum absolute atomic E-state index is 1.10. The van der Waals surface area contributed by atoms with Crippen molar-refractivity contribution in [1.82, 2.24) is 4.98 Å². The highest BCUT2D eigenvalue weighted by molar-refractivity contribution is 5.51. The minimum Gasteiger partial charge on any atom is -0.361 e. The van der Waals surface area contributed by atoms with E-state index in [2.05, 4.69) is 44.1 Å². The standard InChI is InChI=1S/C12H19N/c1-4-6-8-12-10(3)11(7-5-2)9-13-12/h6,8-9,13H,4-5,7H2,1-3H3/b8-6-. The van der Waals surface area contributed by atoms with Gasteiger partial charge in [0.2, 0.25) is 0 Å². The summed E-state index contributed by atoms with van der Waals surface area (Å²) in [6, 6.07) is 0. The van der Waals surface area contributed by atoms with Crippen LogP contribution in [0.5, 0.6) is 0 Å². The number of H-pyrrole nitrogens is 1. The number of aromatic nitrogens is 1. The van der Waals surface area contributed by atoms with Crippen molar-refractivity contribution in [1.29, 1.82) is 0 Å². The van der Waals surface area contributed by atoms with Crippen LogP contribution in [0.15, 0.2) is 12.3 Å². The molecule has 0 amide bonds. The Kier molecular flexibility index (Phi) is 3.81. The van der Waals surface area contributed by atoms with E-state index >= 15 is 0 Å². The largest absolute Gasteiger partial charge is 0.361 e. The van der Waals surface area contributed by atoms with Gasteiger partial charge in [-0.3, -0.25) is 0 Å². The fourth-order valence-corrected chi connectivity index (χ4v) is 1.49. The first-order valence-electron chi connectivity index (χ1n) is 5.13. The van der Waals surface area contributed by atoms with E-state index in [9.17, 15) is 0 Å². The number of allylic oxidation sites excluding steroid dienone is 1. The van der Waals surface area contributed by atoms with Crippen LogP contribution in [0.1, 0.15) is 43.5 Å². The Balaban J connectivity index is 2.79. The van der Waals surface area contributed by atoms with E-state index in [4.69, 9.17) is 0 Å². The summed E-state index contributed by atoms with van der Waals surface area (Å²) >= 11 is 0. The summed E-state index contributed by atoms with van der Waals surface area (Å²) in [5, 5.41) is 0. The molecule has 0 aromatic carbocycles. The molecule has 13 heavy (non-hydrogen) atoms. The third-order valence-electron chi connectivity index (χ3n) is 2.33. The van der Waals surface area contributed by atoms with Gasteiger partial charge in [-0.25, -0.2) is 0 Å². The summed E-state index contributed by atoms with van der Waals surface area (Å²) in [6.45, 7) is 6.56. The van der Waals surface area contributed by atoms with Crippen LogP contribution in [-0.2, 0) is 6.42 Å². The van der Waals surface area contributed by atoms with Gasteiger partial charge in [0.05, 0.1) is 0 Å². The lowest BCUT2D eigenvalue weighted by molar-refractivity contribution is 0.916. The molecule has 0 spiro atoms. The first kappa shape index (κ1) is 10.1. The van der Waals surface area contributed by atoms with Gasteiger partial charge in [-0.05, 0) is 37.0 Å². The molecule has 1 aromatic heterocycles. The molecule has 0 saturated heterocycles. The maximum Gasteiger partial charge on any atom is 0.0409 e. The molecule has 0 aliphatic rings. The van der Waals surface area contributed by atoms with E-state index < -0.39 is 0 Å². The molecule has 1 heterocycles. The van der Waals surface area contributed by atoms with Gasteiger partial charge in [-0.1, -0.05) is 26.3 Å². The molecule has 0 saturated carbocycles. The second-order valence-corrected chi connectivity index (χ2v) is 3.41. The second kappa shape index (κ2) is 4.90. The van der Waals surface area contributed by atoms with Gasteiger partial charge in [0.25, 0.3) is 0 Å². The van der Waals surface area contributed by atoms with Crippen molar-refractivity contribution >= 4 is 6.08 Å². The normalized spacial score (nSPS) is 11.3. The predicted molar refractivity (Wildman–Crippen MR) is 58.8 cm³/mol. The van der Waals surface area contributed by atoms with Crippen molar-refractivity contribution in [2.75, 3.05) is 0 Å². The number of aryl methyl sites for hydroxylation is 1. The van der Waals surface area contributed by atoms with E-state index in [0.717, 1.165) is 6.42 Å². The highest BCUT2D eigenvalue weighted by Crippen LogP contribution is 2.15. The Bertz CT molecular complexity index is 281. The van der Waals surface area contributed by atoms with Crippen LogP contribution in [0.25, 0.3) is 6.08 Å². The van der Waals surface area contributed by atoms with Gasteiger partial charge in [-0.2, -0.15) is 0 Å². The van der Waals surface area contributed by atoms with Gasteiger partial charge in [0.15, 0.2) is 0 Å². The zero-order valence-electron chi connectivity index (χ0n) is 8.85. The summed E-state index contributed by atoms with van der Waals surface area (Å²) in [7, 11) is 0. The lowest BCUT2D eigenvalue weighted by Crippen LogP contribution is -1.83. The molecule has 1 nitrogen and oxygen atoms in total. The first-order chi connectivity index (χ1) is 6.29. The topological polar surface area (TPSA) is 15.8 Å². The van der Waals surface area contributed by atoms with E-state index in [1.807, 2.05) is 0 Å². The Hall–Kier alpha value is -0.980. The molecular weight excluding hydrogens is 158 g/mol. The Morgan fingerprint density at radius 2 is 2.15 bits per heavy atom. The molecule has 1 aromatic rings. The highest BCUT2D eigenvalue weighted by atomic mass is 14.7. The van der Waals surface area contributed by atoms with Crippen molar-refractivity contribution < 1.29 is 0 Å². The number of nitrogens with one attached hydrogen (secondary N) is 1. The average molecular weight is 177 g/mol. The van der Waals surface area contributed by atoms with Crippen LogP contribution in [0, 0.1) is 6.92 Å². The Labute approximate surface area is 80.9 Å². The van der Waals surface area contributed by atoms with Gasteiger partial charge in [-0.15, -0.1) is 0 Å². The summed E-state index contributed by atoms with van der Waals surface area (Å²) in [6.07, 6.45) is 10.00. The molecule has 1 rings (SSSR count). The quantitative estimate of drug-likeness (QED) is 0.721. The Morgan fingerprint density at radius 3 is 2.77 bits per heavy atom. The maximum atomic E-state index is 3.31. The number of hydrogen-bond donors (Lipinski definition) is 1. The van der Waals surface area contributed by atoms with Crippen LogP contribution in [0.4, 0.5) is 0 Å². The summed E-state index contributed by atoms with van der Waals surface area (Å²) in [5.74, 6) is 0. The van der Waals surface area contributed by atoms with Crippen LogP contribution < -0.4 is 0 Å². The molecular formula is C12H19N. The minimum atomic E-state index is 1.10. The summed E-state index contributed by atoms with van der Waals surface area (Å²) in [4.78, 5) is 3.31. The zero-order valence-corrected chi connectivity index (χ0v) is 8.85. The lowest BCUT2D eigenvalue weighted by atomic mass is 10.1. The number of rotatable bonds is 4. The van der Waals surface area contributed by atoms with Crippen molar-refractivity contribution in [3.05, 3.63) is 29.1 Å². The molecule has 1 heteroatoms. The third kappa shape index (κ3) is 2.48. The molecule has 72 valence electrons. The average Bonchev–Trinajstić information content (AvgIpc) is 2.46. The van der Waals surface area contributed by atoms with Crippen LogP contribution in [0.2, 0.25) is 0 Å². The van der Waals surface area contributed by atoms with Crippen molar-refractivity contribution in [2.45, 2.75) is 40.0 Å². The SMILES string of the molecule is CC/C=C\c1[nH]cc(CCC)c1C. The molecule has 0 atom stereocenters. The van der Waals surface area contributed by atoms with Gasteiger partial charge in [0.1, 0.15) is 0 Å². The van der Waals surface area contributed by atoms with E-state index in [1.165, 1.54) is 29.7 Å². The molecule has 0 aliphatic carbocycles. The molecule has 0 aliphatic heterocycles. The second-order valence-electron chi connectivity index (χ2n) is 3.41. The maximum absolute atomic E-state index is 3.31. The Morgan fingerprint density at radius 1 is 1.38 bits per heavy atom. The lowest BCUT2D eigenvalue weighted by Gasteiger charge is -1.96. The van der Waals surface area contributed by atoms with E-state index in [-0.39, 0.29) is 0 Å². The first-order valence-corrected chi connectivity index (χ1v) is 5.13. The third-order valence-corrected chi connectivity index (χ3v) is 2.33. The van der Waals surface area contributed by atoms with Crippen LogP contribution >= 0.6 is 0 Å². The summed E-state index contributed by atoms with van der Waals surface area (Å²) in [5.41, 5.74) is 4.13. The molecule has 0 bridgehead atoms. The van der Waals surface area contributed by atoms with Gasteiger partial charge >= 0.3 is 0 Å². The molecule has 1 N–H and O–H groups in total. The van der Waals surface area contributed by atoms with Crippen LogP contribution in [-0.4, -0.2) is 4.98 Å². The van der Waals surface area contributed by atoms with Crippen molar-refractivity contribution in [3.8, 4) is 0 Å². The number of hydrogen-bond acceptors (Lipinski definition) is 0. The van der Waals surface area contributed by atoms with E-state index in [1.54, 1.807) is 0 Å². The van der Waals surface area contributed by atoms with Crippen LogP contribution in [0.3, 0.4) is 0 Å². The summed E-state index contributed by atoms with van der Waals surface area (Å²) < 4.78 is 0. The van der Waals surface area contributed by atoms with Crippen molar-refractivity contribution in [2.24, 2.45) is 0 Å². The number of aromatic amines is 1. The fourth-order valence-electron chi connectivity index (χ4n) is 1.49. The highest BCUT2D eigenvalue weighted by Gasteiger charge is 2.02. The van der Waals surface area contributed by atoms with Gasteiger partial charge < -0.3 is 4.98 Å². The van der Waals surface area contributed by atoms with E-state index in [0.29, 0.717) is 0 Å². The predicted octanol–water partition coefficient (Wildman–Crippen LogP) is 3.70. The monoisotopic (exact) mass is 177 g/mol. The van der Waals surface area contributed by atoms with Gasteiger partial charge in [0, 0.05) is 11.9 Å². The fraction of sp³-hybridized carbons (Fsp3) is 0.500. The zero-order chi connectivity index (χ0) is 9.68. The molecule has 0 fully saturated rings. The molecule has 0 unspecified atom stereocenters. The van der Waals surface area contributed by atoms with Crippen molar-refractivity contribution in [3.63, 3.8) is 0 Å². The molecule has 0 radical (unpaired) electrons. The smallest absolute Gasteiger partial charge is 0.0409 e.